The Morgan fingerprint density at radius 2 is 2.29 bits per heavy atom. The van der Waals surface area contributed by atoms with E-state index < -0.39 is 0 Å². The number of aromatic nitrogens is 1. The number of amides is 1. The minimum atomic E-state index is -0.0705. The van der Waals surface area contributed by atoms with Crippen molar-refractivity contribution in [2.45, 2.75) is 45.6 Å². The fourth-order valence-corrected chi connectivity index (χ4v) is 2.79. The highest BCUT2D eigenvalue weighted by Crippen LogP contribution is 2.35. The molecule has 0 aromatic carbocycles. The molecule has 0 saturated heterocycles. The Morgan fingerprint density at radius 3 is 3.00 bits per heavy atom. The predicted octanol–water partition coefficient (Wildman–Crippen LogP) is 2.09. The molecule has 112 valence electrons. The number of hydrogen-bond acceptors (Lipinski definition) is 3. The van der Waals surface area contributed by atoms with Crippen molar-refractivity contribution in [1.82, 2.24) is 10.3 Å². The van der Waals surface area contributed by atoms with E-state index in [1.54, 1.807) is 18.5 Å². The maximum Gasteiger partial charge on any atom is 0.253 e. The molecule has 1 aliphatic carbocycles. The SMILES string of the molecule is CC1(C)CCCCC1NC(=O)c1cncc(C#CCN)c1. The first kappa shape index (κ1) is 15.5. The average molecular weight is 285 g/mol. The van der Waals surface area contributed by atoms with Crippen LogP contribution in [0.25, 0.3) is 0 Å². The lowest BCUT2D eigenvalue weighted by Crippen LogP contribution is -2.46. The minimum Gasteiger partial charge on any atom is -0.349 e. The minimum absolute atomic E-state index is 0.0705. The van der Waals surface area contributed by atoms with Gasteiger partial charge in [-0.3, -0.25) is 9.78 Å². The zero-order valence-corrected chi connectivity index (χ0v) is 12.8. The maximum absolute atomic E-state index is 12.4. The number of hydrogen-bond donors (Lipinski definition) is 2. The monoisotopic (exact) mass is 285 g/mol. The second kappa shape index (κ2) is 6.73. The molecular weight excluding hydrogens is 262 g/mol. The largest absolute Gasteiger partial charge is 0.349 e. The van der Waals surface area contributed by atoms with Crippen molar-refractivity contribution in [1.29, 1.82) is 0 Å². The summed E-state index contributed by atoms with van der Waals surface area (Å²) < 4.78 is 0. The van der Waals surface area contributed by atoms with Gasteiger partial charge in [0.1, 0.15) is 0 Å². The molecule has 1 saturated carbocycles. The van der Waals surface area contributed by atoms with Crippen molar-refractivity contribution in [3.63, 3.8) is 0 Å². The number of carbonyl (C=O) groups is 1. The third kappa shape index (κ3) is 4.05. The summed E-state index contributed by atoms with van der Waals surface area (Å²) in [6.07, 6.45) is 7.83. The summed E-state index contributed by atoms with van der Waals surface area (Å²) in [7, 11) is 0. The Hall–Kier alpha value is -1.86. The fourth-order valence-electron chi connectivity index (χ4n) is 2.79. The van der Waals surface area contributed by atoms with Crippen molar-refractivity contribution in [2.24, 2.45) is 11.1 Å². The second-order valence-electron chi connectivity index (χ2n) is 6.23. The van der Waals surface area contributed by atoms with E-state index in [1.165, 1.54) is 12.8 Å². The smallest absolute Gasteiger partial charge is 0.253 e. The van der Waals surface area contributed by atoms with Crippen LogP contribution in [0.15, 0.2) is 18.5 Å². The standard InChI is InChI=1S/C17H23N3O/c1-17(2)8-4-3-7-15(17)20-16(21)14-10-13(6-5-9-18)11-19-12-14/h10-12,15H,3-4,7-9,18H2,1-2H3,(H,20,21). The molecule has 1 aromatic heterocycles. The first-order chi connectivity index (χ1) is 10.0. The van der Waals surface area contributed by atoms with Crippen LogP contribution in [0.1, 0.15) is 55.5 Å². The summed E-state index contributed by atoms with van der Waals surface area (Å²) in [5.74, 6) is 5.60. The van der Waals surface area contributed by atoms with E-state index in [0.29, 0.717) is 12.1 Å². The van der Waals surface area contributed by atoms with E-state index in [-0.39, 0.29) is 17.4 Å². The molecule has 2 rings (SSSR count). The van der Waals surface area contributed by atoms with Crippen LogP contribution in [0, 0.1) is 17.3 Å². The molecular formula is C17H23N3O. The van der Waals surface area contributed by atoms with Crippen LogP contribution in [0.3, 0.4) is 0 Å². The molecule has 1 heterocycles. The number of nitrogens with two attached hydrogens (primary N) is 1. The van der Waals surface area contributed by atoms with Crippen LogP contribution in [-0.2, 0) is 0 Å². The van der Waals surface area contributed by atoms with Gasteiger partial charge in [0.05, 0.1) is 12.1 Å². The zero-order valence-electron chi connectivity index (χ0n) is 12.8. The summed E-state index contributed by atoms with van der Waals surface area (Å²) in [5, 5.41) is 3.16. The molecule has 0 spiro atoms. The van der Waals surface area contributed by atoms with Crippen molar-refractivity contribution in [2.75, 3.05) is 6.54 Å². The number of carbonyl (C=O) groups excluding carboxylic acids is 1. The fraction of sp³-hybridized carbons (Fsp3) is 0.529. The number of nitrogens with zero attached hydrogens (tertiary/aromatic N) is 1. The van der Waals surface area contributed by atoms with Crippen LogP contribution in [-0.4, -0.2) is 23.5 Å². The highest BCUT2D eigenvalue weighted by atomic mass is 16.1. The van der Waals surface area contributed by atoms with Gasteiger partial charge in [0.15, 0.2) is 0 Å². The van der Waals surface area contributed by atoms with Crippen molar-refractivity contribution >= 4 is 5.91 Å². The quantitative estimate of drug-likeness (QED) is 0.818. The first-order valence-corrected chi connectivity index (χ1v) is 7.48. The van der Waals surface area contributed by atoms with E-state index in [2.05, 4.69) is 36.0 Å². The van der Waals surface area contributed by atoms with Crippen LogP contribution in [0.5, 0.6) is 0 Å². The van der Waals surface area contributed by atoms with Gasteiger partial charge in [-0.05, 0) is 24.3 Å². The Labute approximate surface area is 126 Å². The van der Waals surface area contributed by atoms with Gasteiger partial charge in [-0.1, -0.05) is 38.5 Å². The molecule has 1 aliphatic rings. The highest BCUT2D eigenvalue weighted by Gasteiger charge is 2.33. The van der Waals surface area contributed by atoms with E-state index in [1.807, 2.05) is 0 Å². The van der Waals surface area contributed by atoms with Gasteiger partial charge in [-0.15, -0.1) is 0 Å². The van der Waals surface area contributed by atoms with E-state index in [9.17, 15) is 4.79 Å². The number of pyridine rings is 1. The van der Waals surface area contributed by atoms with Gasteiger partial charge in [0.2, 0.25) is 0 Å². The molecule has 1 unspecified atom stereocenters. The predicted molar refractivity (Wildman–Crippen MR) is 83.7 cm³/mol. The van der Waals surface area contributed by atoms with E-state index >= 15 is 0 Å². The van der Waals surface area contributed by atoms with Gasteiger partial charge in [-0.2, -0.15) is 0 Å². The number of nitrogens with one attached hydrogen (secondary N) is 1. The lowest BCUT2D eigenvalue weighted by atomic mass is 9.73. The Balaban J connectivity index is 2.09. The van der Waals surface area contributed by atoms with Crippen LogP contribution >= 0.6 is 0 Å². The Morgan fingerprint density at radius 1 is 1.48 bits per heavy atom. The highest BCUT2D eigenvalue weighted by molar-refractivity contribution is 5.94. The number of rotatable bonds is 2. The maximum atomic E-state index is 12.4. The molecule has 21 heavy (non-hydrogen) atoms. The molecule has 4 heteroatoms. The molecule has 0 radical (unpaired) electrons. The molecule has 3 N–H and O–H groups in total. The summed E-state index contributed by atoms with van der Waals surface area (Å²) in [6.45, 7) is 4.74. The van der Waals surface area contributed by atoms with Gasteiger partial charge < -0.3 is 11.1 Å². The summed E-state index contributed by atoms with van der Waals surface area (Å²) in [4.78, 5) is 16.5. The summed E-state index contributed by atoms with van der Waals surface area (Å²) in [5.41, 5.74) is 6.78. The van der Waals surface area contributed by atoms with E-state index in [0.717, 1.165) is 18.4 Å². The van der Waals surface area contributed by atoms with Crippen LogP contribution < -0.4 is 11.1 Å². The van der Waals surface area contributed by atoms with Crippen LogP contribution in [0.2, 0.25) is 0 Å². The third-order valence-electron chi connectivity index (χ3n) is 4.15. The lowest BCUT2D eigenvalue weighted by molar-refractivity contribution is 0.0853. The van der Waals surface area contributed by atoms with E-state index in [4.69, 9.17) is 5.73 Å². The zero-order chi connectivity index (χ0) is 15.3. The molecule has 1 fully saturated rings. The third-order valence-corrected chi connectivity index (χ3v) is 4.15. The molecule has 1 amide bonds. The molecule has 0 aliphatic heterocycles. The molecule has 1 atom stereocenters. The van der Waals surface area contributed by atoms with Gasteiger partial charge in [0.25, 0.3) is 5.91 Å². The summed E-state index contributed by atoms with van der Waals surface area (Å²) >= 11 is 0. The van der Waals surface area contributed by atoms with Gasteiger partial charge in [0, 0.05) is 24.0 Å². The topological polar surface area (TPSA) is 68.0 Å². The van der Waals surface area contributed by atoms with Crippen molar-refractivity contribution in [3.05, 3.63) is 29.6 Å². The van der Waals surface area contributed by atoms with Crippen molar-refractivity contribution in [3.8, 4) is 11.8 Å². The van der Waals surface area contributed by atoms with Gasteiger partial charge >= 0.3 is 0 Å². The average Bonchev–Trinajstić information content (AvgIpc) is 2.47. The Kier molecular flexibility index (Phi) is 4.98. The van der Waals surface area contributed by atoms with Crippen LogP contribution in [0.4, 0.5) is 0 Å². The summed E-state index contributed by atoms with van der Waals surface area (Å²) in [6, 6.07) is 1.98. The normalized spacial score (nSPS) is 20.2. The van der Waals surface area contributed by atoms with Crippen molar-refractivity contribution < 1.29 is 4.79 Å². The molecule has 1 aromatic rings. The van der Waals surface area contributed by atoms with Gasteiger partial charge in [-0.25, -0.2) is 0 Å². The molecule has 4 nitrogen and oxygen atoms in total. The second-order valence-corrected chi connectivity index (χ2v) is 6.23. The first-order valence-electron chi connectivity index (χ1n) is 7.48. The Bertz CT molecular complexity index is 569. The molecule has 0 bridgehead atoms. The lowest BCUT2D eigenvalue weighted by Gasteiger charge is -2.39.